The number of para-hydroxylation sites is 3. The van der Waals surface area contributed by atoms with Crippen molar-refractivity contribution in [2.24, 2.45) is 0 Å². The third-order valence-electron chi connectivity index (χ3n) is 3.98. The molecule has 26 heavy (non-hydrogen) atoms. The summed E-state index contributed by atoms with van der Waals surface area (Å²) in [6.07, 6.45) is 1.77. The van der Waals surface area contributed by atoms with E-state index >= 15 is 0 Å². The van der Waals surface area contributed by atoms with Gasteiger partial charge in [0.05, 0.1) is 0 Å². The monoisotopic (exact) mass is 366 g/mol. The first-order valence-corrected chi connectivity index (χ1v) is 9.94. The van der Waals surface area contributed by atoms with Crippen LogP contribution in [0.1, 0.15) is 25.0 Å². The fraction of sp³-hybridized carbons (Fsp3) is 0.182. The molecule has 0 spiro atoms. The van der Waals surface area contributed by atoms with Crippen LogP contribution in [-0.2, 0) is 12.8 Å². The first kappa shape index (κ1) is 18.3. The van der Waals surface area contributed by atoms with Crippen LogP contribution in [0.15, 0.2) is 78.9 Å². The van der Waals surface area contributed by atoms with Gasteiger partial charge in [-0.15, -0.1) is 0 Å². The van der Waals surface area contributed by atoms with Gasteiger partial charge in [0.2, 0.25) is 0 Å². The summed E-state index contributed by atoms with van der Waals surface area (Å²) in [5, 5.41) is 0. The number of hydrogen-bond donors (Lipinski definition) is 0. The Labute approximate surface area is 156 Å². The molecule has 0 saturated carbocycles. The summed E-state index contributed by atoms with van der Waals surface area (Å²) in [6.45, 7) is 4.21. The van der Waals surface area contributed by atoms with Gasteiger partial charge in [0, 0.05) is 0 Å². The van der Waals surface area contributed by atoms with Crippen LogP contribution >= 0.6 is 8.60 Å². The van der Waals surface area contributed by atoms with E-state index in [-0.39, 0.29) is 0 Å². The lowest BCUT2D eigenvalue weighted by Gasteiger charge is -2.20. The van der Waals surface area contributed by atoms with Crippen LogP contribution in [0.25, 0.3) is 0 Å². The van der Waals surface area contributed by atoms with Gasteiger partial charge in [-0.2, -0.15) is 0 Å². The Balaban J connectivity index is 1.86. The summed E-state index contributed by atoms with van der Waals surface area (Å²) in [6, 6.07) is 25.6. The molecule has 0 unspecified atom stereocenters. The Morgan fingerprint density at radius 2 is 1.04 bits per heavy atom. The van der Waals surface area contributed by atoms with Crippen LogP contribution < -0.4 is 13.6 Å². The first-order valence-electron chi connectivity index (χ1n) is 8.85. The van der Waals surface area contributed by atoms with Gasteiger partial charge in [-0.25, -0.2) is 0 Å². The van der Waals surface area contributed by atoms with Gasteiger partial charge >= 0.3 is 8.60 Å². The highest BCUT2D eigenvalue weighted by atomic mass is 31.2. The van der Waals surface area contributed by atoms with E-state index in [1.54, 1.807) is 0 Å². The summed E-state index contributed by atoms with van der Waals surface area (Å²) in [4.78, 5) is 0. The maximum absolute atomic E-state index is 6.16. The predicted molar refractivity (Wildman–Crippen MR) is 107 cm³/mol. The van der Waals surface area contributed by atoms with E-state index in [0.717, 1.165) is 41.2 Å². The van der Waals surface area contributed by atoms with Crippen molar-refractivity contribution in [3.05, 3.63) is 90.0 Å². The van der Waals surface area contributed by atoms with Crippen molar-refractivity contribution in [1.29, 1.82) is 0 Å². The van der Waals surface area contributed by atoms with Gasteiger partial charge in [-0.3, -0.25) is 0 Å². The van der Waals surface area contributed by atoms with E-state index in [1.165, 1.54) is 0 Å². The Bertz CT molecular complexity index is 771. The molecule has 0 aliphatic rings. The molecule has 0 amide bonds. The van der Waals surface area contributed by atoms with Crippen molar-refractivity contribution >= 4 is 8.60 Å². The minimum atomic E-state index is -1.63. The second kappa shape index (κ2) is 9.26. The summed E-state index contributed by atoms with van der Waals surface area (Å²) < 4.78 is 18.4. The fourth-order valence-corrected chi connectivity index (χ4v) is 3.64. The van der Waals surface area contributed by atoms with Gasteiger partial charge in [0.25, 0.3) is 0 Å². The van der Waals surface area contributed by atoms with Crippen molar-refractivity contribution in [1.82, 2.24) is 0 Å². The van der Waals surface area contributed by atoms with Crippen LogP contribution in [0.3, 0.4) is 0 Å². The molecule has 3 rings (SSSR count). The largest absolute Gasteiger partial charge is 0.530 e. The minimum absolute atomic E-state index is 0.724. The number of benzene rings is 3. The van der Waals surface area contributed by atoms with E-state index in [1.807, 2.05) is 66.7 Å². The van der Waals surface area contributed by atoms with E-state index in [0.29, 0.717) is 0 Å². The molecular formula is C22H23O3P. The van der Waals surface area contributed by atoms with Gasteiger partial charge in [-0.05, 0) is 48.2 Å². The number of rotatable bonds is 8. The molecule has 3 nitrogen and oxygen atoms in total. The summed E-state index contributed by atoms with van der Waals surface area (Å²) in [5.41, 5.74) is 2.26. The molecule has 0 atom stereocenters. The Morgan fingerprint density at radius 3 is 1.54 bits per heavy atom. The highest BCUT2D eigenvalue weighted by Gasteiger charge is 2.22. The molecule has 3 aromatic rings. The quantitative estimate of drug-likeness (QED) is 0.422. The van der Waals surface area contributed by atoms with Crippen LogP contribution in [-0.4, -0.2) is 0 Å². The zero-order chi connectivity index (χ0) is 18.2. The molecule has 3 aromatic carbocycles. The first-order chi connectivity index (χ1) is 12.8. The molecule has 0 aromatic heterocycles. The normalized spacial score (nSPS) is 10.6. The molecule has 0 heterocycles. The van der Waals surface area contributed by atoms with Crippen molar-refractivity contribution < 1.29 is 13.6 Å². The van der Waals surface area contributed by atoms with Crippen molar-refractivity contribution in [3.8, 4) is 17.2 Å². The maximum Gasteiger partial charge on any atom is 0.530 e. The zero-order valence-corrected chi connectivity index (χ0v) is 16.0. The molecule has 0 N–H and O–H groups in total. The second-order valence-electron chi connectivity index (χ2n) is 5.73. The number of hydrogen-bond acceptors (Lipinski definition) is 3. The molecule has 0 radical (unpaired) electrons. The topological polar surface area (TPSA) is 27.7 Å². The molecule has 0 saturated heterocycles. The average Bonchev–Trinajstić information content (AvgIpc) is 2.69. The molecular weight excluding hydrogens is 343 g/mol. The van der Waals surface area contributed by atoms with Gasteiger partial charge < -0.3 is 13.6 Å². The predicted octanol–water partition coefficient (Wildman–Crippen LogP) is 6.58. The van der Waals surface area contributed by atoms with E-state index < -0.39 is 8.60 Å². The van der Waals surface area contributed by atoms with Crippen molar-refractivity contribution in [2.45, 2.75) is 26.7 Å². The SMILES string of the molecule is CCc1ccccc1OP(Oc1ccccc1)Oc1ccccc1CC. The molecule has 0 aliphatic heterocycles. The van der Waals surface area contributed by atoms with Gasteiger partial charge in [0.1, 0.15) is 17.2 Å². The van der Waals surface area contributed by atoms with E-state index in [9.17, 15) is 0 Å². The molecule has 134 valence electrons. The Kier molecular flexibility index (Phi) is 6.51. The lowest BCUT2D eigenvalue weighted by Crippen LogP contribution is -2.04. The standard InChI is InChI=1S/C22H23O3P/c1-3-18-12-8-10-16-21(18)24-26(23-20-14-6-5-7-15-20)25-22-17-11-9-13-19(22)4-2/h5-17H,3-4H2,1-2H3. The Hall–Kier alpha value is -2.51. The average molecular weight is 366 g/mol. The van der Waals surface area contributed by atoms with Gasteiger partial charge in [0.15, 0.2) is 0 Å². The van der Waals surface area contributed by atoms with Crippen LogP contribution in [0.5, 0.6) is 17.2 Å². The Morgan fingerprint density at radius 1 is 0.577 bits per heavy atom. The maximum atomic E-state index is 6.16. The van der Waals surface area contributed by atoms with E-state index in [2.05, 4.69) is 26.0 Å². The van der Waals surface area contributed by atoms with E-state index in [4.69, 9.17) is 13.6 Å². The van der Waals surface area contributed by atoms with Crippen molar-refractivity contribution in [3.63, 3.8) is 0 Å². The second-order valence-corrected chi connectivity index (χ2v) is 6.73. The third kappa shape index (κ3) is 4.77. The summed E-state index contributed by atoms with van der Waals surface area (Å²) in [7, 11) is -1.63. The number of aryl methyl sites for hydroxylation is 2. The summed E-state index contributed by atoms with van der Waals surface area (Å²) >= 11 is 0. The highest BCUT2D eigenvalue weighted by Crippen LogP contribution is 2.44. The molecule has 0 fully saturated rings. The fourth-order valence-electron chi connectivity index (χ4n) is 2.55. The highest BCUT2D eigenvalue weighted by molar-refractivity contribution is 7.43. The smallest absolute Gasteiger partial charge is 0.409 e. The van der Waals surface area contributed by atoms with Crippen molar-refractivity contribution in [2.75, 3.05) is 0 Å². The van der Waals surface area contributed by atoms with Crippen LogP contribution in [0, 0.1) is 0 Å². The molecule has 4 heteroatoms. The lowest BCUT2D eigenvalue weighted by molar-refractivity contribution is 0.385. The zero-order valence-electron chi connectivity index (χ0n) is 15.1. The van der Waals surface area contributed by atoms with Crippen LogP contribution in [0.2, 0.25) is 0 Å². The third-order valence-corrected chi connectivity index (χ3v) is 5.03. The summed E-state index contributed by atoms with van der Waals surface area (Å²) in [5.74, 6) is 2.32. The lowest BCUT2D eigenvalue weighted by atomic mass is 10.1. The van der Waals surface area contributed by atoms with Gasteiger partial charge in [-0.1, -0.05) is 68.4 Å². The minimum Gasteiger partial charge on any atom is -0.409 e. The molecule has 0 aliphatic carbocycles. The van der Waals surface area contributed by atoms with Crippen LogP contribution in [0.4, 0.5) is 0 Å². The molecule has 0 bridgehead atoms.